The van der Waals surface area contributed by atoms with Gasteiger partial charge in [-0.25, -0.2) is 9.97 Å². The van der Waals surface area contributed by atoms with Crippen LogP contribution in [0.2, 0.25) is 0 Å². The Bertz CT molecular complexity index is 2270. The fourth-order valence-electron chi connectivity index (χ4n) is 12.1. The number of nitrogens with zero attached hydrogens (tertiary/aromatic N) is 8. The van der Waals surface area contributed by atoms with Crippen molar-refractivity contribution in [2.75, 3.05) is 65.2 Å². The third-order valence-electron chi connectivity index (χ3n) is 16.6. The summed E-state index contributed by atoms with van der Waals surface area (Å²) in [5.41, 5.74) is 0.452. The van der Waals surface area contributed by atoms with Gasteiger partial charge in [-0.05, 0) is 121 Å². The molecule has 4 amide bonds. The number of likely N-dealkylation sites (tertiary alicyclic amines) is 2. The number of aromatic nitrogens is 3. The van der Waals surface area contributed by atoms with Crippen LogP contribution in [0.5, 0.6) is 0 Å². The molecule has 18 heteroatoms. The lowest BCUT2D eigenvalue weighted by molar-refractivity contribution is -0.137. The molecule has 3 saturated heterocycles. The second-order valence-corrected chi connectivity index (χ2v) is 21.2. The fourth-order valence-corrected chi connectivity index (χ4v) is 12.1. The number of benzene rings is 1. The van der Waals surface area contributed by atoms with E-state index in [0.717, 1.165) is 115 Å². The molecule has 5 aliphatic rings. The Hall–Kier alpha value is -4.94. The summed E-state index contributed by atoms with van der Waals surface area (Å²) >= 11 is 0. The average molecular weight is 988 g/mol. The van der Waals surface area contributed by atoms with E-state index in [0.29, 0.717) is 37.1 Å². The Morgan fingerprint density at radius 2 is 1.62 bits per heavy atom. The Morgan fingerprint density at radius 1 is 0.873 bits per heavy atom. The predicted molar refractivity (Wildman–Crippen MR) is 267 cm³/mol. The molecule has 0 radical (unpaired) electrons. The Labute approximate surface area is 417 Å². The molecule has 6 atom stereocenters. The van der Waals surface area contributed by atoms with Crippen molar-refractivity contribution in [3.8, 4) is 0 Å². The molecule has 388 valence electrons. The first-order chi connectivity index (χ1) is 34.2. The number of piperazine rings is 1. The van der Waals surface area contributed by atoms with Crippen molar-refractivity contribution in [2.24, 2.45) is 11.8 Å². The number of amides is 4. The van der Waals surface area contributed by atoms with E-state index in [4.69, 9.17) is 0 Å². The molecule has 5 fully saturated rings. The van der Waals surface area contributed by atoms with Crippen LogP contribution in [0.4, 0.5) is 19.0 Å². The van der Waals surface area contributed by atoms with E-state index in [1.165, 1.54) is 31.7 Å². The van der Waals surface area contributed by atoms with Crippen molar-refractivity contribution in [3.63, 3.8) is 0 Å². The minimum absolute atomic E-state index is 0.0134. The first-order valence-electron chi connectivity index (χ1n) is 26.5. The van der Waals surface area contributed by atoms with E-state index in [9.17, 15) is 32.3 Å². The van der Waals surface area contributed by atoms with Crippen LogP contribution in [-0.2, 0) is 25.4 Å². The number of unbranched alkanes of at least 4 members (excludes halogenated alkanes) is 5. The highest BCUT2D eigenvalue weighted by Gasteiger charge is 2.45. The average Bonchev–Trinajstić information content (AvgIpc) is 3.89. The monoisotopic (exact) mass is 988 g/mol. The molecule has 15 nitrogen and oxygen atoms in total. The van der Waals surface area contributed by atoms with Crippen LogP contribution in [0.1, 0.15) is 127 Å². The van der Waals surface area contributed by atoms with Gasteiger partial charge in [0.05, 0.1) is 35.1 Å². The van der Waals surface area contributed by atoms with Crippen molar-refractivity contribution in [1.82, 2.24) is 50.1 Å². The summed E-state index contributed by atoms with van der Waals surface area (Å²) in [4.78, 5) is 77.6. The highest BCUT2D eigenvalue weighted by Crippen LogP contribution is 2.38. The maximum absolute atomic E-state index is 14.1. The quantitative estimate of drug-likeness (QED) is 0.110. The molecule has 0 unspecified atom stereocenters. The Morgan fingerprint density at radius 3 is 2.34 bits per heavy atom. The van der Waals surface area contributed by atoms with Crippen LogP contribution in [0.25, 0.3) is 10.9 Å². The lowest BCUT2D eigenvalue weighted by Gasteiger charge is -2.45. The number of hydrogen-bond donors (Lipinski definition) is 3. The number of carbonyl (C=O) groups is 4. The number of anilines is 1. The number of rotatable bonds is 19. The van der Waals surface area contributed by atoms with E-state index < -0.39 is 23.7 Å². The van der Waals surface area contributed by atoms with Crippen molar-refractivity contribution in [3.05, 3.63) is 60.2 Å². The van der Waals surface area contributed by atoms with Gasteiger partial charge in [-0.3, -0.25) is 29.1 Å². The molecular formula is C53H76F3N11O4. The minimum atomic E-state index is -4.53. The number of hydrogen-bond acceptors (Lipinski definition) is 11. The summed E-state index contributed by atoms with van der Waals surface area (Å²) in [6, 6.07) is 6.88. The molecule has 2 aliphatic carbocycles. The smallest absolute Gasteiger partial charge is 0.358 e. The molecule has 71 heavy (non-hydrogen) atoms. The lowest BCUT2D eigenvalue weighted by atomic mass is 9.82. The van der Waals surface area contributed by atoms with Gasteiger partial charge < -0.3 is 35.6 Å². The van der Waals surface area contributed by atoms with Gasteiger partial charge in [0.25, 0.3) is 0 Å². The van der Waals surface area contributed by atoms with Crippen molar-refractivity contribution >= 4 is 40.3 Å². The molecule has 5 heterocycles. The zero-order valence-corrected chi connectivity index (χ0v) is 42.2. The Kier molecular flexibility index (Phi) is 17.5. The zero-order valence-electron chi connectivity index (χ0n) is 42.2. The first-order valence-corrected chi connectivity index (χ1v) is 26.5. The van der Waals surface area contributed by atoms with Crippen molar-refractivity contribution in [2.45, 2.75) is 159 Å². The van der Waals surface area contributed by atoms with E-state index >= 15 is 0 Å². The van der Waals surface area contributed by atoms with Gasteiger partial charge in [-0.1, -0.05) is 31.7 Å². The lowest BCUT2D eigenvalue weighted by Crippen LogP contribution is -2.59. The molecular weight excluding hydrogens is 912 g/mol. The van der Waals surface area contributed by atoms with Crippen LogP contribution >= 0.6 is 0 Å². The third kappa shape index (κ3) is 12.8. The molecule has 3 aromatic rings. The molecule has 3 aliphatic heterocycles. The highest BCUT2D eigenvalue weighted by molar-refractivity contribution is 5.93. The van der Waals surface area contributed by atoms with Gasteiger partial charge in [0.15, 0.2) is 0 Å². The number of halogens is 3. The third-order valence-corrected chi connectivity index (χ3v) is 16.6. The van der Waals surface area contributed by atoms with Crippen molar-refractivity contribution in [1.29, 1.82) is 0 Å². The number of fused-ring (bicyclic) bond motifs is 1. The number of alkyl halides is 3. The summed E-state index contributed by atoms with van der Waals surface area (Å²) < 4.78 is 40.9. The molecule has 2 aromatic heterocycles. The van der Waals surface area contributed by atoms with E-state index in [2.05, 4.69) is 66.5 Å². The molecule has 0 bridgehead atoms. The molecule has 0 spiro atoms. The number of pyridine rings is 1. The van der Waals surface area contributed by atoms with E-state index in [-0.39, 0.29) is 71.3 Å². The maximum atomic E-state index is 14.1. The highest BCUT2D eigenvalue weighted by atomic mass is 19.4. The molecule has 3 N–H and O–H groups in total. The van der Waals surface area contributed by atoms with Gasteiger partial charge in [0.1, 0.15) is 18.2 Å². The summed E-state index contributed by atoms with van der Waals surface area (Å²) in [7, 11) is 3.89. The van der Waals surface area contributed by atoms with Gasteiger partial charge >= 0.3 is 6.18 Å². The van der Waals surface area contributed by atoms with Crippen LogP contribution < -0.4 is 16.0 Å². The topological polar surface area (TPSA) is 159 Å². The number of carbonyl (C=O) groups excluding carboxylic acids is 4. The summed E-state index contributed by atoms with van der Waals surface area (Å²) in [5, 5.41) is 9.95. The van der Waals surface area contributed by atoms with Crippen LogP contribution in [0, 0.1) is 11.8 Å². The van der Waals surface area contributed by atoms with Gasteiger partial charge in [0.2, 0.25) is 23.6 Å². The maximum Gasteiger partial charge on any atom is 0.416 e. The SMILES string of the molecule is CC(C)N(C)[C@@H]1CC[C@H](N2CC[C@H](Nc3ncnc4ccc(C(F)(F)F)cc34)C2=O)[C@H](NC(=O)C2CCC(N3CCN(CCCCCCCCNC(=O)[C@H]4CC(=O)N(C)[C@@H]4c4cccnc4)CC3)CC2)C1. The second-order valence-electron chi connectivity index (χ2n) is 21.2. The van der Waals surface area contributed by atoms with Crippen LogP contribution in [0.3, 0.4) is 0 Å². The summed E-state index contributed by atoms with van der Waals surface area (Å²) in [6.07, 6.45) is 13.7. The second kappa shape index (κ2) is 23.7. The molecule has 8 rings (SSSR count). The van der Waals surface area contributed by atoms with E-state index in [1.54, 1.807) is 24.3 Å². The van der Waals surface area contributed by atoms with Crippen molar-refractivity contribution < 1.29 is 32.3 Å². The van der Waals surface area contributed by atoms with E-state index in [1.807, 2.05) is 17.0 Å². The normalized spacial score (nSPS) is 27.0. The molecule has 1 aromatic carbocycles. The largest absolute Gasteiger partial charge is 0.416 e. The predicted octanol–water partition coefficient (Wildman–Crippen LogP) is 6.66. The van der Waals surface area contributed by atoms with Gasteiger partial charge in [-0.15, -0.1) is 0 Å². The zero-order chi connectivity index (χ0) is 50.2. The minimum Gasteiger partial charge on any atom is -0.358 e. The fraction of sp³-hybridized carbons (Fsp3) is 0.679. The number of nitrogens with one attached hydrogen (secondary N) is 3. The van der Waals surface area contributed by atoms with Gasteiger partial charge in [0, 0.05) is 94.6 Å². The Balaban J connectivity index is 0.733. The van der Waals surface area contributed by atoms with Crippen LogP contribution in [-0.4, -0.2) is 159 Å². The van der Waals surface area contributed by atoms with Gasteiger partial charge in [-0.2, -0.15) is 13.2 Å². The first kappa shape index (κ1) is 52.4. The standard InChI is InChI=1S/C53H76F3N11O4/c1-35(2)63(3)40-18-20-46(67-25-21-44(52(67)71)61-49-41-30-38(53(54,55)56)15-19-43(41)59-34-60-49)45(31-40)62-50(69)36-13-16-39(17-14-36)66-28-26-65(27-29-66)24-10-8-6-5-7-9-23-58-51(70)42-32-47(68)64(4)48(42)37-12-11-22-57-33-37/h11-12,15,19,22,30,33-36,39-40,42,44-46,48H,5-10,13-14,16-18,20-21,23-29,31-32H2,1-4H3,(H,58,70)(H,62,69)(H,59,60,61)/t36?,39?,40-,42+,44+,45-,46+,48-/m1/s1. The molecule has 2 saturated carbocycles. The van der Waals surface area contributed by atoms with Crippen LogP contribution in [0.15, 0.2) is 49.1 Å². The summed E-state index contributed by atoms with van der Waals surface area (Å²) in [5.74, 6) is -0.371. The summed E-state index contributed by atoms with van der Waals surface area (Å²) in [6.45, 7) is 10.8.